The Morgan fingerprint density at radius 3 is 2.51 bits per heavy atom. The number of hydrogen-bond donors (Lipinski definition) is 1. The molecule has 0 radical (unpaired) electrons. The second-order valence-corrected chi connectivity index (χ2v) is 9.01. The van der Waals surface area contributed by atoms with E-state index in [1.807, 2.05) is 26.8 Å². The van der Waals surface area contributed by atoms with Crippen molar-refractivity contribution in [2.45, 2.75) is 46.1 Å². The maximum absolute atomic E-state index is 13.8. The summed E-state index contributed by atoms with van der Waals surface area (Å²) in [5, 5.41) is 3.17. The Bertz CT molecular complexity index is 1320. The predicted octanol–water partition coefficient (Wildman–Crippen LogP) is 3.17. The maximum atomic E-state index is 13.8. The SMILES string of the molecule is CCc1cc2c(c(OC(C)C)c(C(=O)NCCN3CCCC3=O)n2C)c(=O)n1-c1ccc(F)cc1. The number of ether oxygens (including phenoxy) is 1. The van der Waals surface area contributed by atoms with Gasteiger partial charge in [0, 0.05) is 44.5 Å². The van der Waals surface area contributed by atoms with E-state index in [1.165, 1.54) is 16.7 Å². The lowest BCUT2D eigenvalue weighted by molar-refractivity contribution is -0.127. The van der Waals surface area contributed by atoms with Crippen LogP contribution in [0.5, 0.6) is 5.75 Å². The van der Waals surface area contributed by atoms with Crippen LogP contribution in [0.2, 0.25) is 0 Å². The Balaban J connectivity index is 1.80. The first-order valence-electron chi connectivity index (χ1n) is 12.0. The van der Waals surface area contributed by atoms with Gasteiger partial charge in [-0.1, -0.05) is 6.92 Å². The third kappa shape index (κ3) is 4.67. The number of pyridine rings is 1. The molecule has 3 aromatic rings. The molecule has 1 aliphatic heterocycles. The molecule has 0 spiro atoms. The van der Waals surface area contributed by atoms with Gasteiger partial charge in [0.15, 0.2) is 11.4 Å². The van der Waals surface area contributed by atoms with Crippen LogP contribution in [-0.4, -0.2) is 51.6 Å². The number of rotatable bonds is 8. The molecular formula is C26H31FN4O4. The van der Waals surface area contributed by atoms with Gasteiger partial charge in [0.25, 0.3) is 11.5 Å². The highest BCUT2D eigenvalue weighted by molar-refractivity contribution is 6.04. The Kier molecular flexibility index (Phi) is 6.95. The van der Waals surface area contributed by atoms with Crippen LogP contribution < -0.4 is 15.6 Å². The lowest BCUT2D eigenvalue weighted by Gasteiger charge is -2.16. The van der Waals surface area contributed by atoms with E-state index in [2.05, 4.69) is 5.32 Å². The van der Waals surface area contributed by atoms with Crippen molar-refractivity contribution in [2.24, 2.45) is 7.05 Å². The topological polar surface area (TPSA) is 85.6 Å². The minimum absolute atomic E-state index is 0.0983. The number of likely N-dealkylation sites (tertiary alicyclic amines) is 1. The minimum Gasteiger partial charge on any atom is -0.488 e. The molecule has 2 aromatic heterocycles. The van der Waals surface area contributed by atoms with Crippen LogP contribution in [0.25, 0.3) is 16.6 Å². The summed E-state index contributed by atoms with van der Waals surface area (Å²) in [6, 6.07) is 7.60. The van der Waals surface area contributed by atoms with Crippen LogP contribution in [0.15, 0.2) is 35.1 Å². The average molecular weight is 483 g/mol. The maximum Gasteiger partial charge on any atom is 0.271 e. The molecule has 8 nitrogen and oxygen atoms in total. The second kappa shape index (κ2) is 9.93. The number of halogens is 1. The smallest absolute Gasteiger partial charge is 0.271 e. The minimum atomic E-state index is -0.390. The van der Waals surface area contributed by atoms with Gasteiger partial charge in [-0.3, -0.25) is 19.0 Å². The lowest BCUT2D eigenvalue weighted by atomic mass is 10.2. The van der Waals surface area contributed by atoms with E-state index in [1.54, 1.807) is 28.6 Å². The van der Waals surface area contributed by atoms with Crippen LogP contribution in [0.1, 0.15) is 49.8 Å². The van der Waals surface area contributed by atoms with E-state index in [0.717, 1.165) is 12.1 Å². The number of fused-ring (bicyclic) bond motifs is 1. The van der Waals surface area contributed by atoms with Gasteiger partial charge in [-0.05, 0) is 57.0 Å². The van der Waals surface area contributed by atoms with Crippen molar-refractivity contribution >= 4 is 22.7 Å². The molecular weight excluding hydrogens is 451 g/mol. The number of aryl methyl sites for hydroxylation is 2. The third-order valence-electron chi connectivity index (χ3n) is 6.26. The van der Waals surface area contributed by atoms with Crippen molar-refractivity contribution in [3.05, 3.63) is 57.9 Å². The van der Waals surface area contributed by atoms with Gasteiger partial charge in [0.05, 0.1) is 11.6 Å². The van der Waals surface area contributed by atoms with E-state index >= 15 is 0 Å². The molecule has 3 heterocycles. The van der Waals surface area contributed by atoms with Crippen molar-refractivity contribution in [1.29, 1.82) is 0 Å². The lowest BCUT2D eigenvalue weighted by Crippen LogP contribution is -2.36. The van der Waals surface area contributed by atoms with Gasteiger partial charge in [0.2, 0.25) is 5.91 Å². The normalized spacial score (nSPS) is 13.8. The first-order valence-corrected chi connectivity index (χ1v) is 12.0. The van der Waals surface area contributed by atoms with Gasteiger partial charge < -0.3 is 19.5 Å². The highest BCUT2D eigenvalue weighted by Crippen LogP contribution is 2.32. The monoisotopic (exact) mass is 482 g/mol. The summed E-state index contributed by atoms with van der Waals surface area (Å²) in [4.78, 5) is 40.7. The zero-order valence-corrected chi connectivity index (χ0v) is 20.6. The standard InChI is InChI=1S/C26H31FN4O4/c1-5-18-15-20-22(26(34)31(18)19-10-8-17(27)9-11-19)24(35-16(2)3)23(29(20)4)25(33)28-12-14-30-13-6-7-21(30)32/h8-11,15-16H,5-7,12-14H2,1-4H3,(H,28,33). The van der Waals surface area contributed by atoms with Crippen molar-refractivity contribution in [3.63, 3.8) is 0 Å². The van der Waals surface area contributed by atoms with E-state index in [9.17, 15) is 18.8 Å². The molecule has 0 saturated carbocycles. The summed E-state index contributed by atoms with van der Waals surface area (Å²) in [6.07, 6.45) is 1.66. The fourth-order valence-electron chi connectivity index (χ4n) is 4.58. The number of nitrogens with zero attached hydrogens (tertiary/aromatic N) is 3. The first kappa shape index (κ1) is 24.5. The molecule has 1 aromatic carbocycles. The van der Waals surface area contributed by atoms with Crippen LogP contribution >= 0.6 is 0 Å². The number of hydrogen-bond acceptors (Lipinski definition) is 4. The van der Waals surface area contributed by atoms with Gasteiger partial charge in [-0.2, -0.15) is 0 Å². The Morgan fingerprint density at radius 2 is 1.91 bits per heavy atom. The number of nitrogens with one attached hydrogen (secondary N) is 1. The molecule has 1 fully saturated rings. The Labute approximate surface area is 203 Å². The van der Waals surface area contributed by atoms with E-state index in [4.69, 9.17) is 4.74 Å². The van der Waals surface area contributed by atoms with E-state index in [0.29, 0.717) is 49.1 Å². The fourth-order valence-corrected chi connectivity index (χ4v) is 4.58. The van der Waals surface area contributed by atoms with Gasteiger partial charge in [0.1, 0.15) is 11.2 Å². The summed E-state index contributed by atoms with van der Waals surface area (Å²) in [5.41, 5.74) is 1.76. The Hall–Kier alpha value is -3.62. The second-order valence-electron chi connectivity index (χ2n) is 9.01. The molecule has 0 bridgehead atoms. The number of aromatic nitrogens is 2. The molecule has 0 atom stereocenters. The molecule has 0 aliphatic carbocycles. The molecule has 186 valence electrons. The van der Waals surface area contributed by atoms with Crippen molar-refractivity contribution in [3.8, 4) is 11.4 Å². The molecule has 2 amide bonds. The van der Waals surface area contributed by atoms with Crippen LogP contribution in [0, 0.1) is 5.82 Å². The average Bonchev–Trinajstić information content (AvgIpc) is 3.34. The molecule has 0 unspecified atom stereocenters. The highest BCUT2D eigenvalue weighted by atomic mass is 19.1. The van der Waals surface area contributed by atoms with Gasteiger partial charge >= 0.3 is 0 Å². The number of carbonyl (C=O) groups is 2. The van der Waals surface area contributed by atoms with E-state index in [-0.39, 0.29) is 40.7 Å². The number of amides is 2. The quantitative estimate of drug-likeness (QED) is 0.535. The third-order valence-corrected chi connectivity index (χ3v) is 6.26. The van der Waals surface area contributed by atoms with Gasteiger partial charge in [-0.15, -0.1) is 0 Å². The van der Waals surface area contributed by atoms with E-state index < -0.39 is 0 Å². The Morgan fingerprint density at radius 1 is 1.20 bits per heavy atom. The number of benzene rings is 1. The largest absolute Gasteiger partial charge is 0.488 e. The summed E-state index contributed by atoms with van der Waals surface area (Å²) < 4.78 is 22.8. The van der Waals surface area contributed by atoms with Crippen molar-refractivity contribution < 1.29 is 18.7 Å². The summed E-state index contributed by atoms with van der Waals surface area (Å²) in [5.74, 6) is -0.451. The summed E-state index contributed by atoms with van der Waals surface area (Å²) >= 11 is 0. The molecule has 35 heavy (non-hydrogen) atoms. The summed E-state index contributed by atoms with van der Waals surface area (Å²) in [6.45, 7) is 7.03. The first-order chi connectivity index (χ1) is 16.7. The zero-order chi connectivity index (χ0) is 25.3. The fraction of sp³-hybridized carbons (Fsp3) is 0.423. The molecule has 4 rings (SSSR count). The zero-order valence-electron chi connectivity index (χ0n) is 20.6. The molecule has 1 N–H and O–H groups in total. The molecule has 1 aliphatic rings. The van der Waals surface area contributed by atoms with Crippen LogP contribution in [0.3, 0.4) is 0 Å². The highest BCUT2D eigenvalue weighted by Gasteiger charge is 2.28. The van der Waals surface area contributed by atoms with Crippen molar-refractivity contribution in [2.75, 3.05) is 19.6 Å². The predicted molar refractivity (Wildman–Crippen MR) is 132 cm³/mol. The van der Waals surface area contributed by atoms with Gasteiger partial charge in [-0.25, -0.2) is 4.39 Å². The molecule has 9 heteroatoms. The number of carbonyl (C=O) groups excluding carboxylic acids is 2. The van der Waals surface area contributed by atoms with Crippen LogP contribution in [-0.2, 0) is 18.3 Å². The van der Waals surface area contributed by atoms with Crippen molar-refractivity contribution in [1.82, 2.24) is 19.4 Å². The molecule has 1 saturated heterocycles. The van der Waals surface area contributed by atoms with Crippen LogP contribution in [0.4, 0.5) is 4.39 Å². The summed E-state index contributed by atoms with van der Waals surface area (Å²) in [7, 11) is 1.73.